The van der Waals surface area contributed by atoms with Crippen molar-refractivity contribution in [3.05, 3.63) is 96.1 Å². The Hall–Kier alpha value is -3.52. The smallest absolute Gasteiger partial charge is 0.393 e. The van der Waals surface area contributed by atoms with Crippen LogP contribution in [0.1, 0.15) is 19.4 Å². The number of benzene rings is 2. The number of alkyl halides is 3. The summed E-state index contributed by atoms with van der Waals surface area (Å²) in [5, 5.41) is 5.82. The van der Waals surface area contributed by atoms with Crippen molar-refractivity contribution in [1.29, 1.82) is 0 Å². The first-order valence-corrected chi connectivity index (χ1v) is 12.5. The summed E-state index contributed by atoms with van der Waals surface area (Å²) in [6.07, 6.45) is -1.36. The Labute approximate surface area is 223 Å². The fourth-order valence-corrected chi connectivity index (χ4v) is 4.69. The zero-order valence-corrected chi connectivity index (χ0v) is 22.6. The average molecular weight is 529 g/mol. The third-order valence-electron chi connectivity index (χ3n) is 6.91. The molecule has 0 amide bonds. The molecule has 0 radical (unpaired) electrons. The largest absolute Gasteiger partial charge is 0.417 e. The standard InChI is InChI=1S/C30H36F4N4/c1-8-9-26(30(32,33)34)25(16-35-6)22(5)36-28-15-23(24-12-10-19(2)14-27(24)31)11-13-29(28)38-17-20(3)37(7)21(4)18-38/h8-16,20-21,35-36H,1,5,17-18H2,2-4,6-7H3/b25-16-,26-9+. The van der Waals surface area contributed by atoms with Gasteiger partial charge in [-0.25, -0.2) is 4.39 Å². The van der Waals surface area contributed by atoms with E-state index in [9.17, 15) is 17.6 Å². The van der Waals surface area contributed by atoms with Crippen molar-refractivity contribution >= 4 is 11.4 Å². The quantitative estimate of drug-likeness (QED) is 0.284. The molecule has 2 aromatic carbocycles. The van der Waals surface area contributed by atoms with E-state index in [1.165, 1.54) is 19.3 Å². The van der Waals surface area contributed by atoms with Crippen LogP contribution in [0.2, 0.25) is 0 Å². The normalized spacial score (nSPS) is 19.3. The summed E-state index contributed by atoms with van der Waals surface area (Å²) in [5.41, 5.74) is 2.16. The zero-order valence-electron chi connectivity index (χ0n) is 22.6. The SMILES string of the molecule is C=C/C=C(\C(=C/NC)C(=C)Nc1cc(-c2ccc(C)cc2F)ccc1N1CC(C)N(C)C(C)C1)C(F)(F)F. The van der Waals surface area contributed by atoms with Crippen molar-refractivity contribution < 1.29 is 17.6 Å². The number of hydrogen-bond acceptors (Lipinski definition) is 4. The van der Waals surface area contributed by atoms with Crippen LogP contribution in [-0.2, 0) is 0 Å². The van der Waals surface area contributed by atoms with Crippen molar-refractivity contribution in [2.45, 2.75) is 39.0 Å². The Balaban J connectivity index is 2.11. The van der Waals surface area contributed by atoms with Crippen LogP contribution in [0, 0.1) is 12.7 Å². The maximum atomic E-state index is 14.9. The van der Waals surface area contributed by atoms with E-state index >= 15 is 0 Å². The van der Waals surface area contributed by atoms with E-state index in [2.05, 4.69) is 54.5 Å². The molecule has 0 aromatic heterocycles. The molecule has 2 unspecified atom stereocenters. The van der Waals surface area contributed by atoms with E-state index in [0.29, 0.717) is 16.8 Å². The molecule has 3 rings (SSSR count). The van der Waals surface area contributed by atoms with E-state index in [1.54, 1.807) is 12.1 Å². The Kier molecular flexibility index (Phi) is 9.09. The summed E-state index contributed by atoms with van der Waals surface area (Å²) in [6.45, 7) is 14.9. The molecule has 0 saturated carbocycles. The maximum Gasteiger partial charge on any atom is 0.417 e. The number of nitrogens with one attached hydrogen (secondary N) is 2. The number of halogens is 4. The van der Waals surface area contributed by atoms with Crippen molar-refractivity contribution in [3.8, 4) is 11.1 Å². The second-order valence-electron chi connectivity index (χ2n) is 9.75. The van der Waals surface area contributed by atoms with Gasteiger partial charge in [-0.15, -0.1) is 0 Å². The minimum absolute atomic E-state index is 0.0442. The van der Waals surface area contributed by atoms with Crippen molar-refractivity contribution in [2.24, 2.45) is 0 Å². The van der Waals surface area contributed by atoms with Gasteiger partial charge >= 0.3 is 6.18 Å². The predicted octanol–water partition coefficient (Wildman–Crippen LogP) is 7.03. The number of aryl methyl sites for hydroxylation is 1. The molecule has 1 saturated heterocycles. The highest BCUT2D eigenvalue weighted by Gasteiger charge is 2.36. The van der Waals surface area contributed by atoms with Crippen LogP contribution < -0.4 is 15.5 Å². The van der Waals surface area contributed by atoms with E-state index in [1.807, 2.05) is 25.1 Å². The minimum atomic E-state index is -4.63. The molecule has 2 atom stereocenters. The Morgan fingerprint density at radius 3 is 2.29 bits per heavy atom. The molecule has 0 aliphatic carbocycles. The molecule has 38 heavy (non-hydrogen) atoms. The molecular weight excluding hydrogens is 492 g/mol. The lowest BCUT2D eigenvalue weighted by Crippen LogP contribution is -2.55. The van der Waals surface area contributed by atoms with Crippen LogP contribution in [0.25, 0.3) is 11.1 Å². The molecule has 8 heteroatoms. The Morgan fingerprint density at radius 2 is 1.74 bits per heavy atom. The summed E-state index contributed by atoms with van der Waals surface area (Å²) in [5.74, 6) is -0.367. The van der Waals surface area contributed by atoms with Gasteiger partial charge in [-0.3, -0.25) is 4.90 Å². The number of hydrogen-bond donors (Lipinski definition) is 2. The van der Waals surface area contributed by atoms with Crippen LogP contribution in [-0.4, -0.2) is 50.3 Å². The molecule has 1 fully saturated rings. The van der Waals surface area contributed by atoms with Crippen LogP contribution in [0.15, 0.2) is 84.8 Å². The molecule has 2 N–H and O–H groups in total. The lowest BCUT2D eigenvalue weighted by Gasteiger charge is -2.44. The molecule has 0 spiro atoms. The van der Waals surface area contributed by atoms with Crippen LogP contribution in [0.4, 0.5) is 28.9 Å². The summed E-state index contributed by atoms with van der Waals surface area (Å²) < 4.78 is 56.6. The first kappa shape index (κ1) is 29.0. The number of rotatable bonds is 8. The predicted molar refractivity (Wildman–Crippen MR) is 150 cm³/mol. The maximum absolute atomic E-state index is 14.9. The second kappa shape index (κ2) is 11.9. The molecule has 4 nitrogen and oxygen atoms in total. The van der Waals surface area contributed by atoms with Gasteiger partial charge in [-0.2, -0.15) is 13.2 Å². The van der Waals surface area contributed by atoms with Crippen molar-refractivity contribution in [3.63, 3.8) is 0 Å². The van der Waals surface area contributed by atoms with Crippen molar-refractivity contribution in [2.75, 3.05) is 37.4 Å². The highest BCUT2D eigenvalue weighted by atomic mass is 19.4. The highest BCUT2D eigenvalue weighted by molar-refractivity contribution is 5.80. The van der Waals surface area contributed by atoms with E-state index in [0.717, 1.165) is 36.5 Å². The van der Waals surface area contributed by atoms with Gasteiger partial charge in [0, 0.05) is 55.3 Å². The van der Waals surface area contributed by atoms with Gasteiger partial charge < -0.3 is 15.5 Å². The number of likely N-dealkylation sites (N-methyl/N-ethyl adjacent to an activating group) is 1. The number of allylic oxidation sites excluding steroid dienone is 3. The number of anilines is 2. The highest BCUT2D eigenvalue weighted by Crippen LogP contribution is 2.38. The molecule has 1 heterocycles. The minimum Gasteiger partial charge on any atom is -0.393 e. The van der Waals surface area contributed by atoms with Gasteiger partial charge in [0.05, 0.1) is 16.9 Å². The van der Waals surface area contributed by atoms with Gasteiger partial charge in [0.1, 0.15) is 5.82 Å². The average Bonchev–Trinajstić information content (AvgIpc) is 2.83. The Morgan fingerprint density at radius 1 is 1.08 bits per heavy atom. The molecule has 0 bridgehead atoms. The van der Waals surface area contributed by atoms with E-state index in [-0.39, 0.29) is 29.2 Å². The Bertz CT molecular complexity index is 1230. The van der Waals surface area contributed by atoms with E-state index < -0.39 is 11.7 Å². The van der Waals surface area contributed by atoms with Crippen LogP contribution >= 0.6 is 0 Å². The molecule has 2 aromatic rings. The zero-order chi connectivity index (χ0) is 28.2. The van der Waals surface area contributed by atoms with Crippen molar-refractivity contribution in [1.82, 2.24) is 10.2 Å². The summed E-state index contributed by atoms with van der Waals surface area (Å²) in [4.78, 5) is 4.49. The van der Waals surface area contributed by atoms with Gasteiger partial charge in [0.15, 0.2) is 0 Å². The van der Waals surface area contributed by atoms with Gasteiger partial charge in [-0.05, 0) is 63.2 Å². The number of nitrogens with zero attached hydrogens (tertiary/aromatic N) is 2. The fourth-order valence-electron chi connectivity index (χ4n) is 4.69. The first-order valence-electron chi connectivity index (χ1n) is 12.5. The third-order valence-corrected chi connectivity index (χ3v) is 6.91. The van der Waals surface area contributed by atoms with Gasteiger partial charge in [0.2, 0.25) is 0 Å². The second-order valence-corrected chi connectivity index (χ2v) is 9.75. The molecule has 204 valence electrons. The lowest BCUT2D eigenvalue weighted by atomic mass is 9.99. The lowest BCUT2D eigenvalue weighted by molar-refractivity contribution is -0.0891. The molecule has 1 aliphatic heterocycles. The van der Waals surface area contributed by atoms with Gasteiger partial charge in [0.25, 0.3) is 0 Å². The van der Waals surface area contributed by atoms with E-state index in [4.69, 9.17) is 0 Å². The summed E-state index contributed by atoms with van der Waals surface area (Å²) in [7, 11) is 3.60. The summed E-state index contributed by atoms with van der Waals surface area (Å²) in [6, 6.07) is 11.0. The monoisotopic (exact) mass is 528 g/mol. The van der Waals surface area contributed by atoms with Crippen LogP contribution in [0.5, 0.6) is 0 Å². The molecule has 1 aliphatic rings. The molecular formula is C30H36F4N4. The summed E-state index contributed by atoms with van der Waals surface area (Å²) >= 11 is 0. The van der Waals surface area contributed by atoms with Gasteiger partial charge in [-0.1, -0.05) is 37.4 Å². The van der Waals surface area contributed by atoms with Crippen LogP contribution in [0.3, 0.4) is 0 Å². The topological polar surface area (TPSA) is 30.5 Å². The third kappa shape index (κ3) is 6.48. The first-order chi connectivity index (χ1) is 17.9. The number of piperazine rings is 1. The fraction of sp³-hybridized carbons (Fsp3) is 0.333.